The number of nitrogens with one attached hydrogen (secondary N) is 1. The fourth-order valence-electron chi connectivity index (χ4n) is 1.91. The molecule has 0 bridgehead atoms. The molecule has 5 heteroatoms. The Hall–Kier alpha value is -0.910. The first kappa shape index (κ1) is 10.3. The van der Waals surface area contributed by atoms with Crippen molar-refractivity contribution in [1.82, 2.24) is 14.7 Å². The van der Waals surface area contributed by atoms with Crippen molar-refractivity contribution in [3.8, 4) is 0 Å². The zero-order valence-corrected chi connectivity index (χ0v) is 10.3. The van der Waals surface area contributed by atoms with Crippen molar-refractivity contribution in [3.05, 3.63) is 34.7 Å². The second-order valence-electron chi connectivity index (χ2n) is 3.86. The fourth-order valence-corrected chi connectivity index (χ4v) is 2.26. The third-order valence-corrected chi connectivity index (χ3v) is 3.18. The van der Waals surface area contributed by atoms with Crippen LogP contribution in [0.4, 0.5) is 0 Å². The third-order valence-electron chi connectivity index (χ3n) is 2.71. The van der Waals surface area contributed by atoms with Crippen LogP contribution in [0.5, 0.6) is 0 Å². The van der Waals surface area contributed by atoms with Gasteiger partial charge in [-0.25, -0.2) is 4.98 Å². The molecule has 1 aliphatic rings. The van der Waals surface area contributed by atoms with Crippen LogP contribution in [0.3, 0.4) is 0 Å². The van der Waals surface area contributed by atoms with Gasteiger partial charge in [0, 0.05) is 23.4 Å². The molecule has 16 heavy (non-hydrogen) atoms. The molecule has 0 aromatic carbocycles. The van der Waals surface area contributed by atoms with Gasteiger partial charge in [0.05, 0.1) is 24.9 Å². The van der Waals surface area contributed by atoms with Crippen LogP contribution >= 0.6 is 15.9 Å². The first-order valence-electron chi connectivity index (χ1n) is 5.28. The number of aromatic nitrogens is 2. The normalized spacial score (nSPS) is 21.4. The largest absolute Gasteiger partial charge is 0.378 e. The summed E-state index contributed by atoms with van der Waals surface area (Å²) in [4.78, 5) is 4.58. The lowest BCUT2D eigenvalue weighted by atomic mass is 10.2. The predicted molar refractivity (Wildman–Crippen MR) is 64.5 cm³/mol. The highest BCUT2D eigenvalue weighted by Gasteiger charge is 2.17. The van der Waals surface area contributed by atoms with Gasteiger partial charge in [-0.1, -0.05) is 0 Å². The van der Waals surface area contributed by atoms with E-state index in [4.69, 9.17) is 4.74 Å². The van der Waals surface area contributed by atoms with Gasteiger partial charge in [0.2, 0.25) is 0 Å². The summed E-state index contributed by atoms with van der Waals surface area (Å²) in [6.07, 6.45) is 4.06. The van der Waals surface area contributed by atoms with Crippen LogP contribution in [0.1, 0.15) is 11.7 Å². The third kappa shape index (κ3) is 1.86. The van der Waals surface area contributed by atoms with E-state index in [-0.39, 0.29) is 6.04 Å². The summed E-state index contributed by atoms with van der Waals surface area (Å²) in [7, 11) is 0. The molecule has 3 rings (SSSR count). The van der Waals surface area contributed by atoms with Gasteiger partial charge in [0.1, 0.15) is 5.65 Å². The Kier molecular flexibility index (Phi) is 2.67. The van der Waals surface area contributed by atoms with Crippen LogP contribution in [-0.4, -0.2) is 29.1 Å². The molecule has 1 aliphatic heterocycles. The number of halogens is 1. The lowest BCUT2D eigenvalue weighted by molar-refractivity contribution is 0.0758. The summed E-state index contributed by atoms with van der Waals surface area (Å²) in [6, 6.07) is 4.21. The zero-order chi connectivity index (χ0) is 11.0. The number of hydrogen-bond acceptors (Lipinski definition) is 3. The van der Waals surface area contributed by atoms with Crippen LogP contribution in [0.2, 0.25) is 0 Å². The van der Waals surface area contributed by atoms with E-state index in [1.54, 1.807) is 0 Å². The zero-order valence-electron chi connectivity index (χ0n) is 8.69. The maximum Gasteiger partial charge on any atom is 0.137 e. The van der Waals surface area contributed by atoms with Crippen molar-refractivity contribution in [2.75, 3.05) is 19.8 Å². The van der Waals surface area contributed by atoms with Gasteiger partial charge in [0.15, 0.2) is 0 Å². The molecule has 0 spiro atoms. The van der Waals surface area contributed by atoms with E-state index in [1.807, 2.05) is 28.9 Å². The van der Waals surface area contributed by atoms with Crippen molar-refractivity contribution in [2.45, 2.75) is 6.04 Å². The molecule has 1 fully saturated rings. The second kappa shape index (κ2) is 4.16. The molecule has 1 saturated heterocycles. The fraction of sp³-hybridized carbons (Fsp3) is 0.364. The number of hydrogen-bond donors (Lipinski definition) is 1. The van der Waals surface area contributed by atoms with Gasteiger partial charge in [-0.05, 0) is 28.1 Å². The van der Waals surface area contributed by atoms with Crippen molar-refractivity contribution in [2.24, 2.45) is 0 Å². The number of morpholine rings is 1. The van der Waals surface area contributed by atoms with Crippen LogP contribution in [0.15, 0.2) is 29.0 Å². The molecule has 1 atom stereocenters. The highest BCUT2D eigenvalue weighted by molar-refractivity contribution is 9.10. The number of pyridine rings is 1. The average Bonchev–Trinajstić information content (AvgIpc) is 2.73. The van der Waals surface area contributed by atoms with Gasteiger partial charge in [-0.3, -0.25) is 0 Å². The van der Waals surface area contributed by atoms with E-state index < -0.39 is 0 Å². The summed E-state index contributed by atoms with van der Waals surface area (Å²) in [6.45, 7) is 2.38. The first-order valence-corrected chi connectivity index (χ1v) is 6.07. The molecule has 3 heterocycles. The molecule has 1 N–H and O–H groups in total. The average molecular weight is 282 g/mol. The van der Waals surface area contributed by atoms with Crippen LogP contribution in [0.25, 0.3) is 5.65 Å². The quantitative estimate of drug-likeness (QED) is 0.866. The van der Waals surface area contributed by atoms with Gasteiger partial charge < -0.3 is 14.5 Å². The summed E-state index contributed by atoms with van der Waals surface area (Å²) < 4.78 is 8.51. The highest BCUT2D eigenvalue weighted by atomic mass is 79.9. The van der Waals surface area contributed by atoms with Crippen molar-refractivity contribution >= 4 is 21.6 Å². The van der Waals surface area contributed by atoms with E-state index >= 15 is 0 Å². The van der Waals surface area contributed by atoms with Gasteiger partial charge in [-0.15, -0.1) is 0 Å². The minimum Gasteiger partial charge on any atom is -0.378 e. The summed E-state index contributed by atoms with van der Waals surface area (Å²) in [5.41, 5.74) is 2.00. The van der Waals surface area contributed by atoms with E-state index in [2.05, 4.69) is 26.2 Å². The molecular weight excluding hydrogens is 270 g/mol. The highest BCUT2D eigenvalue weighted by Crippen LogP contribution is 2.18. The first-order chi connectivity index (χ1) is 7.83. The van der Waals surface area contributed by atoms with Gasteiger partial charge in [-0.2, -0.15) is 0 Å². The number of nitrogens with zero attached hydrogens (tertiary/aromatic N) is 2. The van der Waals surface area contributed by atoms with Crippen molar-refractivity contribution in [3.63, 3.8) is 0 Å². The Morgan fingerprint density at radius 1 is 1.44 bits per heavy atom. The van der Waals surface area contributed by atoms with Crippen LogP contribution in [0, 0.1) is 0 Å². The summed E-state index contributed by atoms with van der Waals surface area (Å²) in [5.74, 6) is 0. The molecule has 4 nitrogen and oxygen atoms in total. The van der Waals surface area contributed by atoms with E-state index in [9.17, 15) is 0 Å². The SMILES string of the molecule is Brc1ccc2nc(C3COCCN3)cn2c1. The maximum atomic E-state index is 5.44. The smallest absolute Gasteiger partial charge is 0.137 e. The number of fused-ring (bicyclic) bond motifs is 1. The Balaban J connectivity index is 1.97. The molecule has 84 valence electrons. The molecule has 0 radical (unpaired) electrons. The van der Waals surface area contributed by atoms with E-state index in [0.717, 1.165) is 29.0 Å². The number of ether oxygens (including phenoxy) is 1. The van der Waals surface area contributed by atoms with Gasteiger partial charge >= 0.3 is 0 Å². The summed E-state index contributed by atoms with van der Waals surface area (Å²) in [5, 5.41) is 3.40. The molecule has 0 saturated carbocycles. The molecule has 2 aromatic rings. The Morgan fingerprint density at radius 2 is 2.38 bits per heavy atom. The summed E-state index contributed by atoms with van der Waals surface area (Å²) >= 11 is 3.45. The van der Waals surface area contributed by atoms with Crippen molar-refractivity contribution < 1.29 is 4.74 Å². The molecule has 0 aliphatic carbocycles. The van der Waals surface area contributed by atoms with E-state index in [1.165, 1.54) is 0 Å². The van der Waals surface area contributed by atoms with Gasteiger partial charge in [0.25, 0.3) is 0 Å². The molecule has 2 aromatic heterocycles. The second-order valence-corrected chi connectivity index (χ2v) is 4.78. The lowest BCUT2D eigenvalue weighted by Crippen LogP contribution is -2.34. The Bertz CT molecular complexity index is 505. The standard InChI is InChI=1S/C11H12BrN3O/c12-8-1-2-11-14-9(6-15(11)5-8)10-7-16-4-3-13-10/h1-2,5-6,10,13H,3-4,7H2. The number of rotatable bonds is 1. The van der Waals surface area contributed by atoms with E-state index in [0.29, 0.717) is 6.61 Å². The molecular formula is C11H12BrN3O. The topological polar surface area (TPSA) is 38.6 Å². The minimum absolute atomic E-state index is 0.215. The maximum absolute atomic E-state index is 5.44. The minimum atomic E-state index is 0.215. The predicted octanol–water partition coefficient (Wildman–Crippen LogP) is 1.76. The Labute approximate surface area is 102 Å². The molecule has 0 amide bonds. The van der Waals surface area contributed by atoms with Crippen LogP contribution < -0.4 is 5.32 Å². The molecule has 1 unspecified atom stereocenters. The Morgan fingerprint density at radius 3 is 3.19 bits per heavy atom. The monoisotopic (exact) mass is 281 g/mol. The van der Waals surface area contributed by atoms with Crippen LogP contribution in [-0.2, 0) is 4.74 Å². The number of imidazole rings is 1. The lowest BCUT2D eigenvalue weighted by Gasteiger charge is -2.21. The van der Waals surface area contributed by atoms with Crippen molar-refractivity contribution in [1.29, 1.82) is 0 Å².